The fourth-order valence-corrected chi connectivity index (χ4v) is 6.02. The van der Waals surface area contributed by atoms with E-state index >= 15 is 0 Å². The van der Waals surface area contributed by atoms with Crippen LogP contribution in [0.15, 0.2) is 55.1 Å². The second-order valence-electron chi connectivity index (χ2n) is 11.2. The number of aliphatic hydroxyl groups excluding tert-OH is 1. The summed E-state index contributed by atoms with van der Waals surface area (Å²) in [6.07, 6.45) is 6.61. The summed E-state index contributed by atoms with van der Waals surface area (Å²) < 4.78 is 19.8. The molecule has 9 nitrogen and oxygen atoms in total. The van der Waals surface area contributed by atoms with Crippen LogP contribution in [0.25, 0.3) is 33.1 Å². The predicted molar refractivity (Wildman–Crippen MR) is 170 cm³/mol. The summed E-state index contributed by atoms with van der Waals surface area (Å²) in [5, 5.41) is 11.6. The van der Waals surface area contributed by atoms with Crippen LogP contribution in [0.1, 0.15) is 33.3 Å². The largest absolute Gasteiger partial charge is 0.488 e. The van der Waals surface area contributed by atoms with Crippen molar-refractivity contribution in [1.29, 1.82) is 0 Å². The van der Waals surface area contributed by atoms with Crippen molar-refractivity contribution in [3.8, 4) is 22.6 Å². The molecule has 4 heterocycles. The van der Waals surface area contributed by atoms with Crippen molar-refractivity contribution in [2.75, 3.05) is 13.2 Å². The van der Waals surface area contributed by atoms with Crippen LogP contribution in [0, 0.1) is 0 Å². The smallest absolute Gasteiger partial charge is 0.225 e. The SMILES string of the molecule is CC(COc1cncc(CO)c1)Oc1cnc2ccc(-c3cn(COCC[Si]C(C)(C)C)c4nc(Cl)nc(Cl)c34)cc2c1. The van der Waals surface area contributed by atoms with Crippen LogP contribution >= 0.6 is 23.2 Å². The third-order valence-corrected chi connectivity index (χ3v) is 8.48. The molecule has 0 saturated carbocycles. The Kier molecular flexibility index (Phi) is 9.83. The third kappa shape index (κ3) is 8.01. The molecule has 0 aliphatic carbocycles. The molecule has 0 spiro atoms. The Hall–Kier alpha value is -3.28. The van der Waals surface area contributed by atoms with Gasteiger partial charge in [0.05, 0.1) is 29.9 Å². The van der Waals surface area contributed by atoms with E-state index in [1.807, 2.05) is 42.0 Å². The van der Waals surface area contributed by atoms with Crippen molar-refractivity contribution in [2.45, 2.75) is 58.2 Å². The molecule has 0 amide bonds. The monoisotopic (exact) mass is 637 g/mol. The van der Waals surface area contributed by atoms with Gasteiger partial charge < -0.3 is 23.9 Å². The summed E-state index contributed by atoms with van der Waals surface area (Å²) in [5.41, 5.74) is 3.91. The Morgan fingerprint density at radius 1 is 1.05 bits per heavy atom. The van der Waals surface area contributed by atoms with Gasteiger partial charge in [0.25, 0.3) is 0 Å². The molecule has 5 aromatic rings. The normalized spacial score (nSPS) is 12.6. The van der Waals surface area contributed by atoms with Crippen LogP contribution in [0.5, 0.6) is 11.5 Å². The van der Waals surface area contributed by atoms with Gasteiger partial charge in [-0.2, -0.15) is 4.98 Å². The number of aliphatic hydroxyl groups is 1. The Bertz CT molecular complexity index is 1730. The lowest BCUT2D eigenvalue weighted by Crippen LogP contribution is -2.21. The summed E-state index contributed by atoms with van der Waals surface area (Å²) in [6, 6.07) is 10.7. The van der Waals surface area contributed by atoms with Crippen LogP contribution in [-0.4, -0.2) is 58.4 Å². The second kappa shape index (κ2) is 13.6. The molecule has 5 rings (SSSR count). The maximum atomic E-state index is 9.31. The number of hydrogen-bond acceptors (Lipinski definition) is 8. The first-order valence-electron chi connectivity index (χ1n) is 13.9. The number of ether oxygens (including phenoxy) is 3. The zero-order valence-electron chi connectivity index (χ0n) is 24.5. The molecule has 1 N–H and O–H groups in total. The molecule has 0 aliphatic rings. The van der Waals surface area contributed by atoms with E-state index in [9.17, 15) is 5.11 Å². The fourth-order valence-electron chi connectivity index (χ4n) is 4.55. The molecule has 12 heteroatoms. The Balaban J connectivity index is 1.35. The number of benzene rings is 1. The number of aromatic nitrogens is 5. The third-order valence-electron chi connectivity index (χ3n) is 6.52. The Morgan fingerprint density at radius 3 is 2.67 bits per heavy atom. The number of rotatable bonds is 12. The fraction of sp³-hybridized carbons (Fsp3) is 0.355. The minimum absolute atomic E-state index is 0.0811. The van der Waals surface area contributed by atoms with Crippen LogP contribution in [0.3, 0.4) is 0 Å². The topological polar surface area (TPSA) is 104 Å². The Labute approximate surface area is 263 Å². The van der Waals surface area contributed by atoms with Gasteiger partial charge in [-0.15, -0.1) is 0 Å². The van der Waals surface area contributed by atoms with Crippen LogP contribution < -0.4 is 9.47 Å². The van der Waals surface area contributed by atoms with E-state index in [2.05, 4.69) is 40.7 Å². The highest BCUT2D eigenvalue weighted by molar-refractivity contribution is 6.39. The first-order chi connectivity index (χ1) is 20.6. The van der Waals surface area contributed by atoms with Crippen molar-refractivity contribution in [2.24, 2.45) is 0 Å². The molecule has 0 bridgehead atoms. The highest BCUT2D eigenvalue weighted by atomic mass is 35.5. The van der Waals surface area contributed by atoms with E-state index in [1.165, 1.54) is 0 Å². The summed E-state index contributed by atoms with van der Waals surface area (Å²) in [7, 11) is 0.813. The molecule has 0 saturated heterocycles. The maximum absolute atomic E-state index is 9.31. The standard InChI is InChI=1S/C31H33Cl2N5O4Si/c1-19(17-41-23-9-20(16-39)12-34-13-23)42-24-11-22-10-21(5-6-26(22)35-14-24)25-15-38(18-40-7-8-43-31(2,3)4)29-27(25)28(32)36-30(33)37-29/h5-6,9-15,19,39H,7-8,16-18H2,1-4H3. The number of pyridine rings is 2. The highest BCUT2D eigenvalue weighted by Crippen LogP contribution is 2.36. The number of halogens is 2. The van der Waals surface area contributed by atoms with Crippen molar-refractivity contribution < 1.29 is 19.3 Å². The first kappa shape index (κ1) is 31.2. The van der Waals surface area contributed by atoms with Gasteiger partial charge >= 0.3 is 0 Å². The maximum Gasteiger partial charge on any atom is 0.225 e. The molecule has 0 fully saturated rings. The van der Waals surface area contributed by atoms with Crippen molar-refractivity contribution in [3.05, 3.63) is 71.1 Å². The van der Waals surface area contributed by atoms with Crippen LogP contribution in [-0.2, 0) is 18.1 Å². The van der Waals surface area contributed by atoms with Gasteiger partial charge in [0, 0.05) is 39.5 Å². The van der Waals surface area contributed by atoms with Crippen LogP contribution in [0.2, 0.25) is 21.5 Å². The lowest BCUT2D eigenvalue weighted by Gasteiger charge is -2.16. The number of hydrogen-bond donors (Lipinski definition) is 1. The molecular formula is C31H33Cl2N5O4Si. The van der Waals surface area contributed by atoms with Gasteiger partial charge in [-0.05, 0) is 65.0 Å². The lowest BCUT2D eigenvalue weighted by molar-refractivity contribution is 0.0903. The quantitative estimate of drug-likeness (QED) is 0.0674. The molecular weight excluding hydrogens is 605 g/mol. The average molecular weight is 639 g/mol. The Morgan fingerprint density at radius 2 is 1.88 bits per heavy atom. The van der Waals surface area contributed by atoms with E-state index in [4.69, 9.17) is 37.4 Å². The van der Waals surface area contributed by atoms with E-state index < -0.39 is 0 Å². The number of nitrogens with zero attached hydrogens (tertiary/aromatic N) is 5. The molecule has 4 aromatic heterocycles. The lowest BCUT2D eigenvalue weighted by atomic mass is 10.0. The summed E-state index contributed by atoms with van der Waals surface area (Å²) in [4.78, 5) is 17.3. The van der Waals surface area contributed by atoms with Crippen molar-refractivity contribution >= 4 is 54.7 Å². The van der Waals surface area contributed by atoms with E-state index in [-0.39, 0.29) is 28.2 Å². The van der Waals surface area contributed by atoms with E-state index in [0.29, 0.717) is 48.0 Å². The van der Waals surface area contributed by atoms with Gasteiger partial charge in [0.1, 0.15) is 41.7 Å². The van der Waals surface area contributed by atoms with E-state index in [0.717, 1.165) is 37.6 Å². The van der Waals surface area contributed by atoms with Gasteiger partial charge in [-0.25, -0.2) is 4.98 Å². The minimum Gasteiger partial charge on any atom is -0.488 e. The number of fused-ring (bicyclic) bond motifs is 2. The summed E-state index contributed by atoms with van der Waals surface area (Å²) in [5.74, 6) is 1.19. The molecule has 1 unspecified atom stereocenters. The van der Waals surface area contributed by atoms with Gasteiger partial charge in [-0.1, -0.05) is 38.4 Å². The highest BCUT2D eigenvalue weighted by Gasteiger charge is 2.18. The molecule has 1 atom stereocenters. The first-order valence-corrected chi connectivity index (χ1v) is 15.8. The second-order valence-corrected chi connectivity index (χ2v) is 14.3. The predicted octanol–water partition coefficient (Wildman–Crippen LogP) is 7.00. The average Bonchev–Trinajstić information content (AvgIpc) is 3.33. The zero-order valence-corrected chi connectivity index (χ0v) is 27.0. The van der Waals surface area contributed by atoms with Gasteiger partial charge in [-0.3, -0.25) is 9.97 Å². The van der Waals surface area contributed by atoms with E-state index in [1.54, 1.807) is 24.7 Å². The molecule has 43 heavy (non-hydrogen) atoms. The molecule has 1 aromatic carbocycles. The molecule has 2 radical (unpaired) electrons. The molecule has 224 valence electrons. The van der Waals surface area contributed by atoms with Crippen LogP contribution in [0.4, 0.5) is 0 Å². The minimum atomic E-state index is -0.261. The zero-order chi connectivity index (χ0) is 30.6. The van der Waals surface area contributed by atoms with Crippen molar-refractivity contribution in [3.63, 3.8) is 0 Å². The van der Waals surface area contributed by atoms with Gasteiger partial charge in [0.15, 0.2) is 0 Å². The van der Waals surface area contributed by atoms with Crippen molar-refractivity contribution in [1.82, 2.24) is 24.5 Å². The van der Waals surface area contributed by atoms with Gasteiger partial charge in [0.2, 0.25) is 5.28 Å². The summed E-state index contributed by atoms with van der Waals surface area (Å²) in [6.45, 7) is 9.80. The molecule has 0 aliphatic heterocycles. The summed E-state index contributed by atoms with van der Waals surface area (Å²) >= 11 is 12.8.